The van der Waals surface area contributed by atoms with Crippen molar-refractivity contribution in [2.45, 2.75) is 46.1 Å². The number of nitrogens with zero attached hydrogens (tertiary/aromatic N) is 2. The largest absolute Gasteiger partial charge is 0.398 e. The van der Waals surface area contributed by atoms with Crippen molar-refractivity contribution in [3.63, 3.8) is 0 Å². The van der Waals surface area contributed by atoms with Crippen LogP contribution < -0.4 is 11.1 Å². The SMILES string of the molecule is C=Cc1c(N)cc(-c2cnccc2C)cc1/C=C(\C)NC(=O)C=C1CCN(C(=O)C(C)(C)O)CC1. The number of carbonyl (C=O) groups excluding carboxylic acids is 2. The number of piperidine rings is 1. The molecule has 0 radical (unpaired) electrons. The quantitative estimate of drug-likeness (QED) is 0.432. The van der Waals surface area contributed by atoms with E-state index in [0.717, 1.165) is 33.4 Å². The van der Waals surface area contributed by atoms with E-state index in [4.69, 9.17) is 5.73 Å². The lowest BCUT2D eigenvalue weighted by molar-refractivity contribution is -0.148. The Labute approximate surface area is 207 Å². The molecule has 0 aliphatic carbocycles. The van der Waals surface area contributed by atoms with Crippen molar-refractivity contribution in [1.29, 1.82) is 0 Å². The summed E-state index contributed by atoms with van der Waals surface area (Å²) in [5, 5.41) is 12.8. The van der Waals surface area contributed by atoms with Crippen molar-refractivity contribution < 1.29 is 14.7 Å². The van der Waals surface area contributed by atoms with E-state index in [1.54, 1.807) is 23.2 Å². The van der Waals surface area contributed by atoms with Crippen LogP contribution in [-0.4, -0.2) is 45.5 Å². The highest BCUT2D eigenvalue weighted by atomic mass is 16.3. The highest BCUT2D eigenvalue weighted by molar-refractivity contribution is 5.91. The fourth-order valence-electron chi connectivity index (χ4n) is 4.19. The Morgan fingerprint density at radius 2 is 1.94 bits per heavy atom. The van der Waals surface area contributed by atoms with E-state index in [0.29, 0.717) is 37.3 Å². The topological polar surface area (TPSA) is 109 Å². The molecular weight excluding hydrogens is 440 g/mol. The van der Waals surface area contributed by atoms with Crippen LogP contribution in [0.1, 0.15) is 50.3 Å². The molecule has 7 heteroatoms. The minimum Gasteiger partial charge on any atom is -0.398 e. The molecule has 184 valence electrons. The van der Waals surface area contributed by atoms with E-state index in [1.807, 2.05) is 44.3 Å². The lowest BCUT2D eigenvalue weighted by atomic mass is 9.95. The first-order valence-electron chi connectivity index (χ1n) is 11.7. The maximum Gasteiger partial charge on any atom is 0.253 e. The standard InChI is InChI=1S/C28H34N4O3/c1-6-23-21(15-22(16-25(23)29)24-17-30-10-7-18(24)2)13-19(3)31-26(33)14-20-8-11-32(12-9-20)27(34)28(4,5)35/h6-7,10,13-17,35H,1,8-9,11-12,29H2,2-5H3,(H,31,33)/b19-13+. The van der Waals surface area contributed by atoms with Crippen molar-refractivity contribution in [2.24, 2.45) is 0 Å². The number of aromatic nitrogens is 1. The van der Waals surface area contributed by atoms with Gasteiger partial charge in [0.25, 0.3) is 5.91 Å². The molecule has 35 heavy (non-hydrogen) atoms. The van der Waals surface area contributed by atoms with Crippen molar-refractivity contribution in [1.82, 2.24) is 15.2 Å². The van der Waals surface area contributed by atoms with Gasteiger partial charge in [-0.1, -0.05) is 18.2 Å². The number of carbonyl (C=O) groups is 2. The lowest BCUT2D eigenvalue weighted by Crippen LogP contribution is -2.47. The van der Waals surface area contributed by atoms with Gasteiger partial charge in [-0.2, -0.15) is 0 Å². The first-order chi connectivity index (χ1) is 16.5. The Bertz CT molecular complexity index is 1200. The van der Waals surface area contributed by atoms with E-state index in [2.05, 4.69) is 16.9 Å². The Hall–Kier alpha value is -3.71. The van der Waals surface area contributed by atoms with Gasteiger partial charge in [-0.15, -0.1) is 0 Å². The van der Waals surface area contributed by atoms with Gasteiger partial charge in [0.1, 0.15) is 5.60 Å². The third-order valence-electron chi connectivity index (χ3n) is 6.04. The summed E-state index contributed by atoms with van der Waals surface area (Å²) in [5.74, 6) is -0.510. The lowest BCUT2D eigenvalue weighted by Gasteiger charge is -2.32. The van der Waals surface area contributed by atoms with Crippen molar-refractivity contribution in [2.75, 3.05) is 18.8 Å². The molecule has 0 spiro atoms. The Balaban J connectivity index is 1.74. The van der Waals surface area contributed by atoms with Gasteiger partial charge in [0.05, 0.1) is 0 Å². The van der Waals surface area contributed by atoms with Gasteiger partial charge in [0.15, 0.2) is 0 Å². The van der Waals surface area contributed by atoms with Gasteiger partial charge in [0.2, 0.25) is 5.91 Å². The molecule has 1 fully saturated rings. The average Bonchev–Trinajstić information content (AvgIpc) is 2.78. The molecule has 0 unspecified atom stereocenters. The molecule has 7 nitrogen and oxygen atoms in total. The first-order valence-corrected chi connectivity index (χ1v) is 11.7. The molecule has 2 aromatic rings. The summed E-state index contributed by atoms with van der Waals surface area (Å²) in [6.07, 6.45) is 9.95. The van der Waals surface area contributed by atoms with Gasteiger partial charge >= 0.3 is 0 Å². The summed E-state index contributed by atoms with van der Waals surface area (Å²) in [5.41, 5.74) is 11.8. The van der Waals surface area contributed by atoms with Crippen LogP contribution >= 0.6 is 0 Å². The zero-order valence-electron chi connectivity index (χ0n) is 20.9. The molecule has 0 atom stereocenters. The normalized spacial score (nSPS) is 14.5. The monoisotopic (exact) mass is 474 g/mol. The number of likely N-dealkylation sites (tertiary alicyclic amines) is 1. The number of amides is 2. The summed E-state index contributed by atoms with van der Waals surface area (Å²) in [6.45, 7) is 11.7. The fourth-order valence-corrected chi connectivity index (χ4v) is 4.19. The number of aliphatic hydroxyl groups is 1. The van der Waals surface area contributed by atoms with Crippen molar-refractivity contribution in [3.8, 4) is 11.1 Å². The number of hydrogen-bond donors (Lipinski definition) is 3. The minimum absolute atomic E-state index is 0.219. The molecule has 1 aromatic carbocycles. The number of rotatable bonds is 6. The van der Waals surface area contributed by atoms with Gasteiger partial charge in [0, 0.05) is 54.1 Å². The van der Waals surface area contributed by atoms with E-state index in [1.165, 1.54) is 13.8 Å². The third-order valence-corrected chi connectivity index (χ3v) is 6.04. The Morgan fingerprint density at radius 1 is 1.26 bits per heavy atom. The fraction of sp³-hybridized carbons (Fsp3) is 0.321. The second-order valence-corrected chi connectivity index (χ2v) is 9.43. The van der Waals surface area contributed by atoms with Crippen molar-refractivity contribution in [3.05, 3.63) is 71.2 Å². The number of allylic oxidation sites excluding steroid dienone is 1. The molecule has 2 heterocycles. The smallest absolute Gasteiger partial charge is 0.253 e. The molecule has 1 aromatic heterocycles. The van der Waals surface area contributed by atoms with Crippen LogP contribution in [0.2, 0.25) is 0 Å². The number of nitrogen functional groups attached to an aromatic ring is 1. The molecule has 3 rings (SSSR count). The predicted octanol–water partition coefficient (Wildman–Crippen LogP) is 4.08. The predicted molar refractivity (Wildman–Crippen MR) is 141 cm³/mol. The summed E-state index contributed by atoms with van der Waals surface area (Å²) < 4.78 is 0. The second-order valence-electron chi connectivity index (χ2n) is 9.43. The number of nitrogens with one attached hydrogen (secondary N) is 1. The summed E-state index contributed by atoms with van der Waals surface area (Å²) in [6, 6.07) is 5.87. The number of anilines is 1. The van der Waals surface area contributed by atoms with Crippen LogP contribution in [-0.2, 0) is 9.59 Å². The van der Waals surface area contributed by atoms with Gasteiger partial charge < -0.3 is 21.1 Å². The van der Waals surface area contributed by atoms with E-state index < -0.39 is 5.60 Å². The molecule has 0 saturated carbocycles. The van der Waals surface area contributed by atoms with Crippen molar-refractivity contribution >= 4 is 29.7 Å². The average molecular weight is 475 g/mol. The van der Waals surface area contributed by atoms with Crippen LogP contribution in [0.3, 0.4) is 0 Å². The maximum absolute atomic E-state index is 12.6. The van der Waals surface area contributed by atoms with Gasteiger partial charge in [-0.3, -0.25) is 14.6 Å². The highest BCUT2D eigenvalue weighted by Gasteiger charge is 2.30. The van der Waals surface area contributed by atoms with Crippen LogP contribution in [0.15, 0.2) is 54.5 Å². The zero-order chi connectivity index (χ0) is 25.8. The van der Waals surface area contributed by atoms with E-state index in [9.17, 15) is 14.7 Å². The maximum atomic E-state index is 12.6. The molecule has 4 N–H and O–H groups in total. The van der Waals surface area contributed by atoms with Crippen LogP contribution in [0.5, 0.6) is 0 Å². The molecule has 1 aliphatic heterocycles. The van der Waals surface area contributed by atoms with E-state index in [-0.39, 0.29) is 11.8 Å². The summed E-state index contributed by atoms with van der Waals surface area (Å²) in [4.78, 5) is 30.7. The Morgan fingerprint density at radius 3 is 2.54 bits per heavy atom. The van der Waals surface area contributed by atoms with Gasteiger partial charge in [-0.25, -0.2) is 0 Å². The van der Waals surface area contributed by atoms with Crippen LogP contribution in [0.4, 0.5) is 5.69 Å². The second kappa shape index (κ2) is 10.7. The molecule has 1 saturated heterocycles. The number of aryl methyl sites for hydroxylation is 1. The number of nitrogens with two attached hydrogens (primary N) is 1. The molecule has 1 aliphatic rings. The highest BCUT2D eigenvalue weighted by Crippen LogP contribution is 2.30. The molecule has 2 amide bonds. The summed E-state index contributed by atoms with van der Waals surface area (Å²) >= 11 is 0. The zero-order valence-corrected chi connectivity index (χ0v) is 20.9. The van der Waals surface area contributed by atoms with Crippen LogP contribution in [0.25, 0.3) is 23.3 Å². The van der Waals surface area contributed by atoms with Crippen LogP contribution in [0, 0.1) is 6.92 Å². The minimum atomic E-state index is -1.39. The molecular formula is C28H34N4O3. The van der Waals surface area contributed by atoms with E-state index >= 15 is 0 Å². The number of benzene rings is 1. The third kappa shape index (κ3) is 6.45. The Kier molecular flexibility index (Phi) is 7.92. The summed E-state index contributed by atoms with van der Waals surface area (Å²) in [7, 11) is 0. The first kappa shape index (κ1) is 25.9. The number of pyridine rings is 1. The van der Waals surface area contributed by atoms with Gasteiger partial charge in [-0.05, 0) is 81.5 Å². The molecule has 0 bridgehead atoms. The number of hydrogen-bond acceptors (Lipinski definition) is 5.